The van der Waals surface area contributed by atoms with E-state index in [-0.39, 0.29) is 5.92 Å². The van der Waals surface area contributed by atoms with Gasteiger partial charge in [-0.15, -0.1) is 0 Å². The van der Waals surface area contributed by atoms with Crippen LogP contribution in [0.1, 0.15) is 79.1 Å². The maximum atomic E-state index is 10.7. The van der Waals surface area contributed by atoms with Crippen LogP contribution in [0.2, 0.25) is 0 Å². The second-order valence-electron chi connectivity index (χ2n) is 6.77. The lowest BCUT2D eigenvalue weighted by Crippen LogP contribution is -2.23. The lowest BCUT2D eigenvalue weighted by molar-refractivity contribution is -0.141. The average molecular weight is 298 g/mol. The molecule has 3 nitrogen and oxygen atoms in total. The van der Waals surface area contributed by atoms with Crippen molar-refractivity contribution in [1.29, 1.82) is 0 Å². The van der Waals surface area contributed by atoms with Crippen molar-refractivity contribution in [2.45, 2.75) is 84.7 Å². The van der Waals surface area contributed by atoms with Crippen molar-refractivity contribution in [1.82, 2.24) is 0 Å². The number of hydrogen-bond acceptors (Lipinski definition) is 2. The van der Waals surface area contributed by atoms with Gasteiger partial charge in [-0.1, -0.05) is 51.7 Å². The summed E-state index contributed by atoms with van der Waals surface area (Å²) in [4.78, 5) is 10.7. The normalized spacial score (nSPS) is 17.6. The van der Waals surface area contributed by atoms with Gasteiger partial charge in [-0.2, -0.15) is 0 Å². The van der Waals surface area contributed by atoms with Crippen LogP contribution < -0.4 is 0 Å². The fourth-order valence-electron chi connectivity index (χ4n) is 2.56. The first-order chi connectivity index (χ1) is 9.78. The molecule has 0 amide bonds. The van der Waals surface area contributed by atoms with E-state index in [0.29, 0.717) is 5.92 Å². The van der Waals surface area contributed by atoms with Gasteiger partial charge in [-0.3, -0.25) is 4.79 Å². The molecule has 0 aliphatic carbocycles. The van der Waals surface area contributed by atoms with E-state index in [9.17, 15) is 9.90 Å². The number of rotatable bonds is 12. The zero-order valence-electron chi connectivity index (χ0n) is 14.3. The third kappa shape index (κ3) is 11.5. The van der Waals surface area contributed by atoms with Gasteiger partial charge < -0.3 is 10.2 Å². The highest BCUT2D eigenvalue weighted by atomic mass is 16.4. The van der Waals surface area contributed by atoms with Gasteiger partial charge in [0.15, 0.2) is 0 Å². The van der Waals surface area contributed by atoms with E-state index >= 15 is 0 Å². The Morgan fingerprint density at radius 3 is 2.33 bits per heavy atom. The maximum absolute atomic E-state index is 10.7. The molecule has 0 aromatic heterocycles. The van der Waals surface area contributed by atoms with Gasteiger partial charge >= 0.3 is 5.97 Å². The molecule has 0 heterocycles. The fourth-order valence-corrected chi connectivity index (χ4v) is 2.56. The second-order valence-corrected chi connectivity index (χ2v) is 6.77. The Bertz CT molecular complexity index is 308. The zero-order chi connectivity index (χ0) is 16.3. The number of aliphatic carboxylic acids is 1. The zero-order valence-corrected chi connectivity index (χ0v) is 14.3. The Morgan fingerprint density at radius 1 is 1.14 bits per heavy atom. The van der Waals surface area contributed by atoms with Crippen molar-refractivity contribution in [3.8, 4) is 0 Å². The molecule has 0 aliphatic heterocycles. The van der Waals surface area contributed by atoms with E-state index in [0.717, 1.165) is 51.4 Å². The van der Waals surface area contributed by atoms with Crippen LogP contribution in [-0.4, -0.2) is 21.8 Å². The molecule has 0 fully saturated rings. The molecule has 0 rings (SSSR count). The summed E-state index contributed by atoms with van der Waals surface area (Å²) < 4.78 is 0. The molecule has 3 heteroatoms. The number of carboxylic acid groups (broad SMARTS) is 1. The van der Waals surface area contributed by atoms with E-state index in [1.807, 2.05) is 19.9 Å². The van der Waals surface area contributed by atoms with Crippen molar-refractivity contribution in [3.05, 3.63) is 12.2 Å². The van der Waals surface area contributed by atoms with Crippen molar-refractivity contribution in [2.75, 3.05) is 0 Å². The van der Waals surface area contributed by atoms with Crippen molar-refractivity contribution in [3.63, 3.8) is 0 Å². The largest absolute Gasteiger partial charge is 0.481 e. The molecule has 0 aromatic rings. The van der Waals surface area contributed by atoms with Gasteiger partial charge in [0.2, 0.25) is 0 Å². The summed E-state index contributed by atoms with van der Waals surface area (Å²) in [5.41, 5.74) is -0.558. The first kappa shape index (κ1) is 20.2. The van der Waals surface area contributed by atoms with Gasteiger partial charge in [0.05, 0.1) is 11.5 Å². The number of aliphatic hydroxyl groups is 1. The van der Waals surface area contributed by atoms with E-state index in [1.165, 1.54) is 0 Å². The van der Waals surface area contributed by atoms with Crippen LogP contribution in [0.3, 0.4) is 0 Å². The van der Waals surface area contributed by atoms with Gasteiger partial charge in [0.25, 0.3) is 0 Å². The minimum Gasteiger partial charge on any atom is -0.481 e. The van der Waals surface area contributed by atoms with Gasteiger partial charge in [0, 0.05) is 0 Å². The van der Waals surface area contributed by atoms with Crippen LogP contribution in [0, 0.1) is 11.8 Å². The third-order valence-corrected chi connectivity index (χ3v) is 4.25. The SMILES string of the molecule is CC=CCCC(C)(O)CCCC(C)CCCC(C)C(=O)O. The van der Waals surface area contributed by atoms with Crippen LogP contribution in [-0.2, 0) is 4.79 Å². The third-order valence-electron chi connectivity index (χ3n) is 4.25. The molecule has 2 N–H and O–H groups in total. The van der Waals surface area contributed by atoms with Gasteiger partial charge in [-0.05, 0) is 45.4 Å². The minimum absolute atomic E-state index is 0.232. The predicted octanol–water partition coefficient (Wildman–Crippen LogP) is 4.79. The number of hydrogen-bond donors (Lipinski definition) is 2. The summed E-state index contributed by atoms with van der Waals surface area (Å²) >= 11 is 0. The predicted molar refractivity (Wildman–Crippen MR) is 88.3 cm³/mol. The van der Waals surface area contributed by atoms with Gasteiger partial charge in [-0.25, -0.2) is 0 Å². The molecular formula is C18H34O3. The highest BCUT2D eigenvalue weighted by Crippen LogP contribution is 2.23. The Kier molecular flexibility index (Phi) is 10.4. The van der Waals surface area contributed by atoms with Gasteiger partial charge in [0.1, 0.15) is 0 Å². The van der Waals surface area contributed by atoms with Crippen molar-refractivity contribution < 1.29 is 15.0 Å². The summed E-state index contributed by atoms with van der Waals surface area (Å²) in [5.74, 6) is -0.318. The van der Waals surface area contributed by atoms with E-state index < -0.39 is 11.6 Å². The van der Waals surface area contributed by atoms with E-state index in [1.54, 1.807) is 6.92 Å². The smallest absolute Gasteiger partial charge is 0.306 e. The molecule has 0 saturated carbocycles. The van der Waals surface area contributed by atoms with Crippen LogP contribution >= 0.6 is 0 Å². The highest BCUT2D eigenvalue weighted by molar-refractivity contribution is 5.69. The topological polar surface area (TPSA) is 57.5 Å². The fraction of sp³-hybridized carbons (Fsp3) is 0.833. The Balaban J connectivity index is 3.73. The first-order valence-corrected chi connectivity index (χ1v) is 8.35. The monoisotopic (exact) mass is 298 g/mol. The lowest BCUT2D eigenvalue weighted by atomic mass is 9.89. The van der Waals surface area contributed by atoms with E-state index in [4.69, 9.17) is 5.11 Å². The molecule has 3 atom stereocenters. The molecule has 0 bridgehead atoms. The molecule has 3 unspecified atom stereocenters. The van der Waals surface area contributed by atoms with Crippen LogP contribution in [0.25, 0.3) is 0 Å². The molecule has 124 valence electrons. The van der Waals surface area contributed by atoms with Crippen LogP contribution in [0.4, 0.5) is 0 Å². The highest BCUT2D eigenvalue weighted by Gasteiger charge is 2.19. The minimum atomic E-state index is -0.695. The van der Waals surface area contributed by atoms with Crippen LogP contribution in [0.5, 0.6) is 0 Å². The molecule has 0 spiro atoms. The number of allylic oxidation sites excluding steroid dienone is 2. The molecule has 0 aromatic carbocycles. The number of carboxylic acids is 1. The maximum Gasteiger partial charge on any atom is 0.306 e. The summed E-state index contributed by atoms with van der Waals surface area (Å²) in [7, 11) is 0. The Hall–Kier alpha value is -0.830. The van der Waals surface area contributed by atoms with Crippen molar-refractivity contribution in [2.24, 2.45) is 11.8 Å². The standard InChI is InChI=1S/C18H34O3/c1-5-6-7-13-18(4,21)14-9-11-15(2)10-8-12-16(3)17(19)20/h5-6,15-16,21H,7-14H2,1-4H3,(H,19,20). The van der Waals surface area contributed by atoms with Crippen LogP contribution in [0.15, 0.2) is 12.2 Å². The molecule has 21 heavy (non-hydrogen) atoms. The second kappa shape index (κ2) is 10.8. The number of carbonyl (C=O) groups is 1. The molecule has 0 aliphatic rings. The van der Waals surface area contributed by atoms with E-state index in [2.05, 4.69) is 13.0 Å². The summed E-state index contributed by atoms with van der Waals surface area (Å²) in [6, 6.07) is 0. The Morgan fingerprint density at radius 2 is 1.76 bits per heavy atom. The quantitative estimate of drug-likeness (QED) is 0.509. The molecule has 0 saturated heterocycles. The summed E-state index contributed by atoms with van der Waals surface area (Å²) in [5, 5.41) is 19.1. The molecular weight excluding hydrogens is 264 g/mol. The first-order valence-electron chi connectivity index (χ1n) is 8.35. The summed E-state index contributed by atoms with van der Waals surface area (Å²) in [6.07, 6.45) is 11.7. The van der Waals surface area contributed by atoms with Crippen molar-refractivity contribution >= 4 is 5.97 Å². The summed E-state index contributed by atoms with van der Waals surface area (Å²) in [6.45, 7) is 7.92. The Labute approximate surface area is 130 Å². The lowest BCUT2D eigenvalue weighted by Gasteiger charge is -2.23. The molecule has 0 radical (unpaired) electrons. The average Bonchev–Trinajstić information content (AvgIpc) is 2.38.